The molecule has 1 rings (SSSR count). The second-order valence-electron chi connectivity index (χ2n) is 2.73. The van der Waals surface area contributed by atoms with Gasteiger partial charge in [-0.15, -0.1) is 0 Å². The minimum Gasteiger partial charge on any atom is -0.160 e. The lowest BCUT2D eigenvalue weighted by atomic mass is 10.2. The summed E-state index contributed by atoms with van der Waals surface area (Å²) in [5.74, 6) is 0. The number of benzene rings is 1. The zero-order valence-electron chi connectivity index (χ0n) is 7.31. The monoisotopic (exact) mass is 284 g/mol. The fourth-order valence-corrected chi connectivity index (χ4v) is 1.78. The zero-order chi connectivity index (χ0) is 10.8. The quantitative estimate of drug-likeness (QED) is 0.558. The lowest BCUT2D eigenvalue weighted by Gasteiger charge is -2.07. The third kappa shape index (κ3) is 3.92. The van der Waals surface area contributed by atoms with E-state index in [1.807, 2.05) is 6.92 Å². The SMILES string of the molecule is CC(Br)c1ccc(SC(F)(F)F)cc1. The third-order valence-electron chi connectivity index (χ3n) is 1.57. The van der Waals surface area contributed by atoms with Gasteiger partial charge in [-0.3, -0.25) is 0 Å². The molecule has 0 saturated carbocycles. The van der Waals surface area contributed by atoms with Gasteiger partial charge < -0.3 is 0 Å². The van der Waals surface area contributed by atoms with Crippen LogP contribution in [0.25, 0.3) is 0 Å². The standard InChI is InChI=1S/C9H8BrF3S/c1-6(10)7-2-4-8(5-3-7)14-9(11,12)13/h2-6H,1H3. The summed E-state index contributed by atoms with van der Waals surface area (Å²) in [6.07, 6.45) is 0. The molecule has 0 heterocycles. The average Bonchev–Trinajstić information content (AvgIpc) is 2.02. The summed E-state index contributed by atoms with van der Waals surface area (Å²) < 4.78 is 35.9. The first-order valence-electron chi connectivity index (χ1n) is 3.88. The molecule has 0 fully saturated rings. The number of thioether (sulfide) groups is 1. The van der Waals surface area contributed by atoms with Crippen molar-refractivity contribution >= 4 is 27.7 Å². The predicted octanol–water partition coefficient (Wildman–Crippen LogP) is 4.75. The van der Waals surface area contributed by atoms with Crippen molar-refractivity contribution < 1.29 is 13.2 Å². The van der Waals surface area contributed by atoms with Gasteiger partial charge in [0.1, 0.15) is 0 Å². The number of rotatable bonds is 2. The fraction of sp³-hybridized carbons (Fsp3) is 0.333. The highest BCUT2D eigenvalue weighted by Crippen LogP contribution is 2.37. The van der Waals surface area contributed by atoms with Gasteiger partial charge >= 0.3 is 5.51 Å². The van der Waals surface area contributed by atoms with Crippen LogP contribution in [-0.2, 0) is 0 Å². The Morgan fingerprint density at radius 2 is 1.71 bits per heavy atom. The number of alkyl halides is 4. The van der Waals surface area contributed by atoms with E-state index in [0.29, 0.717) is 0 Å². The van der Waals surface area contributed by atoms with E-state index in [2.05, 4.69) is 15.9 Å². The van der Waals surface area contributed by atoms with Gasteiger partial charge in [-0.05, 0) is 36.4 Å². The van der Waals surface area contributed by atoms with Crippen molar-refractivity contribution in [2.75, 3.05) is 0 Å². The average molecular weight is 285 g/mol. The minimum atomic E-state index is -4.21. The van der Waals surface area contributed by atoms with Crippen LogP contribution < -0.4 is 0 Å². The molecule has 0 aromatic heterocycles. The Labute approximate surface area is 93.0 Å². The van der Waals surface area contributed by atoms with Crippen LogP contribution in [0.2, 0.25) is 0 Å². The lowest BCUT2D eigenvalue weighted by molar-refractivity contribution is -0.0328. The maximum Gasteiger partial charge on any atom is 0.446 e. The van der Waals surface area contributed by atoms with Crippen molar-refractivity contribution in [2.45, 2.75) is 22.2 Å². The Bertz CT molecular complexity index is 292. The molecule has 5 heteroatoms. The molecule has 0 spiro atoms. The smallest absolute Gasteiger partial charge is 0.160 e. The molecule has 0 bridgehead atoms. The van der Waals surface area contributed by atoms with E-state index in [4.69, 9.17) is 0 Å². The summed E-state index contributed by atoms with van der Waals surface area (Å²) in [6.45, 7) is 1.92. The topological polar surface area (TPSA) is 0 Å². The molecule has 78 valence electrons. The molecule has 0 amide bonds. The first-order chi connectivity index (χ1) is 6.38. The van der Waals surface area contributed by atoms with Crippen LogP contribution >= 0.6 is 27.7 Å². The second-order valence-corrected chi connectivity index (χ2v) is 5.24. The highest BCUT2D eigenvalue weighted by molar-refractivity contribution is 9.09. The van der Waals surface area contributed by atoms with Crippen LogP contribution in [0.15, 0.2) is 29.2 Å². The summed E-state index contributed by atoms with van der Waals surface area (Å²) in [5.41, 5.74) is -3.24. The van der Waals surface area contributed by atoms with Crippen LogP contribution in [0.4, 0.5) is 13.2 Å². The van der Waals surface area contributed by atoms with Gasteiger partial charge in [0.2, 0.25) is 0 Å². The molecule has 0 aliphatic rings. The molecule has 1 aromatic carbocycles. The van der Waals surface area contributed by atoms with Crippen molar-refractivity contribution in [3.63, 3.8) is 0 Å². The van der Waals surface area contributed by atoms with E-state index in [9.17, 15) is 13.2 Å². The Balaban J connectivity index is 2.74. The molecular weight excluding hydrogens is 277 g/mol. The zero-order valence-corrected chi connectivity index (χ0v) is 9.71. The molecule has 0 radical (unpaired) electrons. The molecule has 1 unspecified atom stereocenters. The molecule has 1 aromatic rings. The number of hydrogen-bond acceptors (Lipinski definition) is 1. The first-order valence-corrected chi connectivity index (χ1v) is 5.61. The Hall–Kier alpha value is -0.160. The molecule has 0 saturated heterocycles. The molecule has 0 aliphatic carbocycles. The van der Waals surface area contributed by atoms with Gasteiger partial charge in [0.25, 0.3) is 0 Å². The molecule has 0 nitrogen and oxygen atoms in total. The van der Waals surface area contributed by atoms with E-state index in [-0.39, 0.29) is 21.5 Å². The van der Waals surface area contributed by atoms with Crippen molar-refractivity contribution in [1.82, 2.24) is 0 Å². The summed E-state index contributed by atoms with van der Waals surface area (Å²) in [5, 5.41) is 0. The van der Waals surface area contributed by atoms with E-state index in [0.717, 1.165) is 5.56 Å². The van der Waals surface area contributed by atoms with E-state index in [1.54, 1.807) is 12.1 Å². The van der Waals surface area contributed by atoms with E-state index < -0.39 is 5.51 Å². The maximum absolute atomic E-state index is 12.0. The normalized spacial score (nSPS) is 14.1. The Morgan fingerprint density at radius 1 is 1.21 bits per heavy atom. The molecule has 14 heavy (non-hydrogen) atoms. The molecule has 0 aliphatic heterocycles. The molecule has 1 atom stereocenters. The fourth-order valence-electron chi connectivity index (χ4n) is 0.935. The van der Waals surface area contributed by atoms with E-state index in [1.165, 1.54) is 12.1 Å². The second kappa shape index (κ2) is 4.57. The predicted molar refractivity (Wildman–Crippen MR) is 55.7 cm³/mol. The highest BCUT2D eigenvalue weighted by Gasteiger charge is 2.28. The summed E-state index contributed by atoms with van der Waals surface area (Å²) in [4.78, 5) is 0.377. The lowest BCUT2D eigenvalue weighted by Crippen LogP contribution is -1.98. The highest BCUT2D eigenvalue weighted by atomic mass is 79.9. The van der Waals surface area contributed by atoms with Gasteiger partial charge in [0.05, 0.1) is 0 Å². The van der Waals surface area contributed by atoms with Crippen LogP contribution in [-0.4, -0.2) is 5.51 Å². The van der Waals surface area contributed by atoms with Crippen molar-refractivity contribution in [2.24, 2.45) is 0 Å². The largest absolute Gasteiger partial charge is 0.446 e. The van der Waals surface area contributed by atoms with Crippen molar-refractivity contribution in [1.29, 1.82) is 0 Å². The van der Waals surface area contributed by atoms with Crippen LogP contribution in [0.3, 0.4) is 0 Å². The van der Waals surface area contributed by atoms with Crippen LogP contribution in [0, 0.1) is 0 Å². The number of hydrogen-bond donors (Lipinski definition) is 0. The van der Waals surface area contributed by atoms with Gasteiger partial charge in [-0.2, -0.15) is 13.2 Å². The third-order valence-corrected chi connectivity index (χ3v) is 2.84. The van der Waals surface area contributed by atoms with E-state index >= 15 is 0 Å². The molecule has 0 N–H and O–H groups in total. The summed E-state index contributed by atoms with van der Waals surface area (Å²) in [6, 6.07) is 6.33. The van der Waals surface area contributed by atoms with Gasteiger partial charge in [-0.25, -0.2) is 0 Å². The van der Waals surface area contributed by atoms with Crippen molar-refractivity contribution in [3.8, 4) is 0 Å². The number of halogens is 4. The van der Waals surface area contributed by atoms with Crippen LogP contribution in [0.1, 0.15) is 17.3 Å². The van der Waals surface area contributed by atoms with Gasteiger partial charge in [0, 0.05) is 9.72 Å². The Morgan fingerprint density at radius 3 is 2.07 bits per heavy atom. The maximum atomic E-state index is 12.0. The van der Waals surface area contributed by atoms with Gasteiger partial charge in [-0.1, -0.05) is 28.1 Å². The Kier molecular flexibility index (Phi) is 3.89. The molecular formula is C9H8BrF3S. The first kappa shape index (κ1) is 11.9. The minimum absolute atomic E-state index is 0.0941. The van der Waals surface area contributed by atoms with Crippen molar-refractivity contribution in [3.05, 3.63) is 29.8 Å². The summed E-state index contributed by atoms with van der Waals surface area (Å²) >= 11 is 3.25. The van der Waals surface area contributed by atoms with Gasteiger partial charge in [0.15, 0.2) is 0 Å². The van der Waals surface area contributed by atoms with Crippen LogP contribution in [0.5, 0.6) is 0 Å². The summed E-state index contributed by atoms with van der Waals surface area (Å²) in [7, 11) is 0.